The molecule has 118 valence electrons. The van der Waals surface area contributed by atoms with Gasteiger partial charge in [0.15, 0.2) is 0 Å². The Balaban J connectivity index is 2.42. The molecule has 3 nitrogen and oxygen atoms in total. The van der Waals surface area contributed by atoms with E-state index in [9.17, 15) is 14.4 Å². The number of aromatic nitrogens is 1. The Labute approximate surface area is 135 Å². The van der Waals surface area contributed by atoms with E-state index in [1.807, 2.05) is 26.0 Å². The highest BCUT2D eigenvalue weighted by molar-refractivity contribution is 6.14. The quantitative estimate of drug-likeness (QED) is 0.465. The highest BCUT2D eigenvalue weighted by Gasteiger charge is 2.19. The number of carbonyl (C=O) groups excluding carboxylic acids is 1. The van der Waals surface area contributed by atoms with Crippen LogP contribution in [-0.2, 0) is 6.54 Å². The summed E-state index contributed by atoms with van der Waals surface area (Å²) in [5, 5.41) is 9.32. The smallest absolute Gasteiger partial charge is 0.205 e. The van der Waals surface area contributed by atoms with Crippen LogP contribution in [-0.4, -0.2) is 10.4 Å². The van der Waals surface area contributed by atoms with Gasteiger partial charge in [-0.25, -0.2) is 4.39 Å². The number of nitriles is 1. The minimum Gasteiger partial charge on any atom is -0.348 e. The van der Waals surface area contributed by atoms with Crippen LogP contribution in [0.4, 0.5) is 4.39 Å². The van der Waals surface area contributed by atoms with Crippen LogP contribution in [0.1, 0.15) is 40.7 Å². The number of allylic oxidation sites excluding steroid dienone is 1. The summed E-state index contributed by atoms with van der Waals surface area (Å²) >= 11 is 0. The summed E-state index contributed by atoms with van der Waals surface area (Å²) in [4.78, 5) is 12.7. The number of carbonyl (C=O) groups is 1. The van der Waals surface area contributed by atoms with Crippen molar-refractivity contribution in [1.29, 1.82) is 5.26 Å². The van der Waals surface area contributed by atoms with Gasteiger partial charge in [0.2, 0.25) is 5.78 Å². The standard InChI is InChI=1S/C19H19FN2O/c1-4-8-22-13(2)9-18(14(22)3)19(23)16(12-21)10-15-6-5-7-17(20)11-15/h5-7,9-11H,4,8H2,1-3H3/b16-10+. The third kappa shape index (κ3) is 3.57. The third-order valence-electron chi connectivity index (χ3n) is 3.79. The van der Waals surface area contributed by atoms with Crippen molar-refractivity contribution in [3.8, 4) is 6.07 Å². The van der Waals surface area contributed by atoms with E-state index < -0.39 is 5.82 Å². The number of hydrogen-bond acceptors (Lipinski definition) is 2. The van der Waals surface area contributed by atoms with Crippen molar-refractivity contribution in [2.24, 2.45) is 0 Å². The second-order valence-corrected chi connectivity index (χ2v) is 5.49. The molecule has 1 aromatic heterocycles. The van der Waals surface area contributed by atoms with Gasteiger partial charge >= 0.3 is 0 Å². The lowest BCUT2D eigenvalue weighted by molar-refractivity contribution is 0.103. The molecule has 0 radical (unpaired) electrons. The van der Waals surface area contributed by atoms with Gasteiger partial charge in [0.25, 0.3) is 0 Å². The number of benzene rings is 1. The van der Waals surface area contributed by atoms with Gasteiger partial charge in [-0.2, -0.15) is 5.26 Å². The van der Waals surface area contributed by atoms with Crippen molar-refractivity contribution >= 4 is 11.9 Å². The zero-order chi connectivity index (χ0) is 17.0. The maximum Gasteiger partial charge on any atom is 0.205 e. The van der Waals surface area contributed by atoms with Crippen LogP contribution in [0.5, 0.6) is 0 Å². The summed E-state index contributed by atoms with van der Waals surface area (Å²) in [6.07, 6.45) is 2.39. The Morgan fingerprint density at radius 1 is 1.35 bits per heavy atom. The molecule has 23 heavy (non-hydrogen) atoms. The van der Waals surface area contributed by atoms with E-state index in [-0.39, 0.29) is 11.4 Å². The molecular formula is C19H19FN2O. The normalized spacial score (nSPS) is 11.3. The molecule has 0 aliphatic rings. The number of halogens is 1. The van der Waals surface area contributed by atoms with Crippen molar-refractivity contribution in [2.75, 3.05) is 0 Å². The van der Waals surface area contributed by atoms with E-state index in [1.165, 1.54) is 18.2 Å². The summed E-state index contributed by atoms with van der Waals surface area (Å²) in [6, 6.07) is 9.58. The van der Waals surface area contributed by atoms with E-state index in [0.717, 1.165) is 24.4 Å². The van der Waals surface area contributed by atoms with Crippen molar-refractivity contribution in [3.63, 3.8) is 0 Å². The fourth-order valence-corrected chi connectivity index (χ4v) is 2.66. The lowest BCUT2D eigenvalue weighted by Gasteiger charge is -2.07. The molecule has 1 aromatic carbocycles. The first kappa shape index (κ1) is 16.7. The van der Waals surface area contributed by atoms with E-state index >= 15 is 0 Å². The first-order chi connectivity index (χ1) is 11.0. The van der Waals surface area contributed by atoms with Gasteiger partial charge in [0, 0.05) is 23.5 Å². The molecular weight excluding hydrogens is 291 g/mol. The van der Waals surface area contributed by atoms with Crippen LogP contribution < -0.4 is 0 Å². The van der Waals surface area contributed by atoms with Gasteiger partial charge in [0.1, 0.15) is 17.5 Å². The lowest BCUT2D eigenvalue weighted by Crippen LogP contribution is -2.06. The molecule has 0 bridgehead atoms. The molecule has 0 atom stereocenters. The minimum absolute atomic E-state index is 0.00680. The van der Waals surface area contributed by atoms with Crippen LogP contribution in [0, 0.1) is 31.0 Å². The van der Waals surface area contributed by atoms with Crippen molar-refractivity contribution in [2.45, 2.75) is 33.7 Å². The van der Waals surface area contributed by atoms with Crippen LogP contribution in [0.15, 0.2) is 35.9 Å². The van der Waals surface area contributed by atoms with Gasteiger partial charge in [-0.3, -0.25) is 4.79 Å². The minimum atomic E-state index is -0.399. The molecule has 2 rings (SSSR count). The average molecular weight is 310 g/mol. The monoisotopic (exact) mass is 310 g/mol. The predicted molar refractivity (Wildman–Crippen MR) is 88.5 cm³/mol. The Bertz CT molecular complexity index is 809. The predicted octanol–water partition coefficient (Wildman–Crippen LogP) is 4.44. The number of Topliss-reactive ketones (excluding diaryl/α,β-unsaturated/α-hetero) is 1. The lowest BCUT2D eigenvalue weighted by atomic mass is 10.0. The Kier molecular flexibility index (Phi) is 5.13. The molecule has 0 unspecified atom stereocenters. The number of ketones is 1. The summed E-state index contributed by atoms with van der Waals surface area (Å²) in [5.74, 6) is -0.725. The first-order valence-corrected chi connectivity index (χ1v) is 7.56. The molecule has 1 heterocycles. The molecule has 0 N–H and O–H groups in total. The fraction of sp³-hybridized carbons (Fsp3) is 0.263. The summed E-state index contributed by atoms with van der Waals surface area (Å²) < 4.78 is 15.3. The maximum atomic E-state index is 13.3. The third-order valence-corrected chi connectivity index (χ3v) is 3.79. The number of nitrogens with zero attached hydrogens (tertiary/aromatic N) is 2. The molecule has 0 aliphatic carbocycles. The average Bonchev–Trinajstić information content (AvgIpc) is 2.80. The van der Waals surface area contributed by atoms with Crippen LogP contribution in [0.25, 0.3) is 6.08 Å². The molecule has 0 saturated carbocycles. The second-order valence-electron chi connectivity index (χ2n) is 5.49. The molecule has 0 fully saturated rings. The first-order valence-electron chi connectivity index (χ1n) is 7.56. The maximum absolute atomic E-state index is 13.3. The second kappa shape index (κ2) is 7.06. The van der Waals surface area contributed by atoms with E-state index in [1.54, 1.807) is 12.1 Å². The van der Waals surface area contributed by atoms with Crippen molar-refractivity contribution < 1.29 is 9.18 Å². The van der Waals surface area contributed by atoms with Gasteiger partial charge in [-0.05, 0) is 50.1 Å². The number of rotatable bonds is 5. The zero-order valence-electron chi connectivity index (χ0n) is 13.6. The highest BCUT2D eigenvalue weighted by Crippen LogP contribution is 2.20. The topological polar surface area (TPSA) is 45.8 Å². The molecule has 0 aliphatic heterocycles. The van der Waals surface area contributed by atoms with Crippen LogP contribution >= 0.6 is 0 Å². The molecule has 0 amide bonds. The highest BCUT2D eigenvalue weighted by atomic mass is 19.1. The van der Waals surface area contributed by atoms with E-state index in [2.05, 4.69) is 11.5 Å². The molecule has 4 heteroatoms. The molecule has 0 saturated heterocycles. The van der Waals surface area contributed by atoms with Gasteiger partial charge in [-0.15, -0.1) is 0 Å². The van der Waals surface area contributed by atoms with Gasteiger partial charge in [0.05, 0.1) is 0 Å². The Morgan fingerprint density at radius 2 is 2.09 bits per heavy atom. The summed E-state index contributed by atoms with van der Waals surface area (Å²) in [7, 11) is 0. The number of aryl methyl sites for hydroxylation is 1. The van der Waals surface area contributed by atoms with Crippen molar-refractivity contribution in [3.05, 3.63) is 64.2 Å². The SMILES string of the molecule is CCCn1c(C)cc(C(=O)/C(C#N)=C/c2cccc(F)c2)c1C. The van der Waals surface area contributed by atoms with Crippen molar-refractivity contribution in [1.82, 2.24) is 4.57 Å². The molecule has 2 aromatic rings. The van der Waals surface area contributed by atoms with E-state index in [4.69, 9.17) is 0 Å². The summed E-state index contributed by atoms with van der Waals surface area (Å²) in [6.45, 7) is 6.74. The summed E-state index contributed by atoms with van der Waals surface area (Å²) in [5.41, 5.74) is 2.88. The Hall–Kier alpha value is -2.67. The van der Waals surface area contributed by atoms with Crippen LogP contribution in [0.3, 0.4) is 0 Å². The molecule has 0 spiro atoms. The number of hydrogen-bond donors (Lipinski definition) is 0. The van der Waals surface area contributed by atoms with Gasteiger partial charge < -0.3 is 4.57 Å². The Morgan fingerprint density at radius 3 is 2.70 bits per heavy atom. The fourth-order valence-electron chi connectivity index (χ4n) is 2.66. The largest absolute Gasteiger partial charge is 0.348 e. The van der Waals surface area contributed by atoms with Gasteiger partial charge in [-0.1, -0.05) is 19.1 Å². The van der Waals surface area contributed by atoms with E-state index in [0.29, 0.717) is 11.1 Å². The van der Waals surface area contributed by atoms with Crippen LogP contribution in [0.2, 0.25) is 0 Å². The zero-order valence-corrected chi connectivity index (χ0v) is 13.6.